The molecule has 0 unspecified atom stereocenters. The highest BCUT2D eigenvalue weighted by molar-refractivity contribution is 6.27. The SMILES string of the molecule is COc1cc2c3c(n(CCN)c(=O)c2cc1OC)-c1cc2c(cc1C3=O)OCO2.Cl. The Morgan fingerprint density at radius 3 is 2.17 bits per heavy atom. The Morgan fingerprint density at radius 1 is 0.967 bits per heavy atom. The normalized spacial score (nSPS) is 13.1. The first kappa shape index (κ1) is 20.1. The second-order valence-electron chi connectivity index (χ2n) is 6.80. The maximum atomic E-state index is 13.4. The number of nitrogens with zero attached hydrogens (tertiary/aromatic N) is 1. The molecule has 2 aliphatic rings. The molecule has 30 heavy (non-hydrogen) atoms. The van der Waals surface area contributed by atoms with Crippen LogP contribution in [0.25, 0.3) is 22.0 Å². The van der Waals surface area contributed by atoms with Gasteiger partial charge in [0.15, 0.2) is 28.8 Å². The number of ether oxygens (including phenoxy) is 4. The predicted molar refractivity (Wildman–Crippen MR) is 113 cm³/mol. The van der Waals surface area contributed by atoms with Crippen molar-refractivity contribution in [1.82, 2.24) is 4.57 Å². The lowest BCUT2D eigenvalue weighted by atomic mass is 10.0. The van der Waals surface area contributed by atoms with Crippen molar-refractivity contribution in [2.45, 2.75) is 6.54 Å². The maximum Gasteiger partial charge on any atom is 0.259 e. The largest absolute Gasteiger partial charge is 0.493 e. The van der Waals surface area contributed by atoms with Crippen molar-refractivity contribution in [3.63, 3.8) is 0 Å². The molecule has 0 spiro atoms. The molecule has 8 nitrogen and oxygen atoms in total. The molecular weight excluding hydrogens is 412 g/mol. The third kappa shape index (κ3) is 2.57. The van der Waals surface area contributed by atoms with Crippen molar-refractivity contribution in [1.29, 1.82) is 0 Å². The zero-order chi connectivity index (χ0) is 20.3. The maximum absolute atomic E-state index is 13.4. The monoisotopic (exact) mass is 430 g/mol. The number of carbonyl (C=O) groups is 1. The first-order chi connectivity index (χ1) is 14.1. The molecule has 0 bridgehead atoms. The summed E-state index contributed by atoms with van der Waals surface area (Å²) in [6.45, 7) is 0.620. The number of fused-ring (bicyclic) bond motifs is 6. The summed E-state index contributed by atoms with van der Waals surface area (Å²) in [7, 11) is 3.01. The summed E-state index contributed by atoms with van der Waals surface area (Å²) in [4.78, 5) is 26.7. The van der Waals surface area contributed by atoms with Crippen LogP contribution in [0, 0.1) is 0 Å². The van der Waals surface area contributed by atoms with Gasteiger partial charge in [-0.3, -0.25) is 9.59 Å². The molecule has 0 saturated carbocycles. The van der Waals surface area contributed by atoms with Crippen LogP contribution < -0.4 is 30.2 Å². The van der Waals surface area contributed by atoms with E-state index in [1.54, 1.807) is 28.8 Å². The lowest BCUT2D eigenvalue weighted by Gasteiger charge is -2.16. The van der Waals surface area contributed by atoms with Crippen molar-refractivity contribution >= 4 is 29.0 Å². The summed E-state index contributed by atoms with van der Waals surface area (Å²) in [5.74, 6) is 1.73. The van der Waals surface area contributed by atoms with Crippen molar-refractivity contribution in [3.05, 3.63) is 45.7 Å². The fraction of sp³-hybridized carbons (Fsp3) is 0.238. The molecule has 9 heteroatoms. The Bertz CT molecular complexity index is 1270. The molecule has 156 valence electrons. The van der Waals surface area contributed by atoms with Crippen molar-refractivity contribution in [2.75, 3.05) is 27.6 Å². The lowest BCUT2D eigenvalue weighted by Crippen LogP contribution is -2.26. The fourth-order valence-electron chi connectivity index (χ4n) is 4.09. The van der Waals surface area contributed by atoms with Crippen LogP contribution in [-0.2, 0) is 6.54 Å². The first-order valence-corrected chi connectivity index (χ1v) is 9.10. The number of nitrogens with two attached hydrogens (primary N) is 1. The third-order valence-electron chi connectivity index (χ3n) is 5.37. The molecule has 1 aromatic heterocycles. The van der Waals surface area contributed by atoms with Gasteiger partial charge in [0, 0.05) is 29.6 Å². The summed E-state index contributed by atoms with van der Waals surface area (Å²) >= 11 is 0. The number of carbonyl (C=O) groups excluding carboxylic acids is 1. The molecule has 2 aromatic carbocycles. The highest BCUT2D eigenvalue weighted by Gasteiger charge is 2.35. The molecular formula is C21H19ClN2O6. The minimum Gasteiger partial charge on any atom is -0.493 e. The summed E-state index contributed by atoms with van der Waals surface area (Å²) in [5, 5.41) is 0.884. The van der Waals surface area contributed by atoms with Gasteiger partial charge in [0.25, 0.3) is 5.56 Å². The van der Waals surface area contributed by atoms with Gasteiger partial charge in [-0.2, -0.15) is 0 Å². The van der Waals surface area contributed by atoms with E-state index >= 15 is 0 Å². The quantitative estimate of drug-likeness (QED) is 0.530. The average Bonchev–Trinajstić information content (AvgIpc) is 3.31. The van der Waals surface area contributed by atoms with Crippen LogP contribution in [-0.4, -0.2) is 37.9 Å². The molecule has 3 aromatic rings. The molecule has 0 fully saturated rings. The van der Waals surface area contributed by atoms with E-state index in [0.29, 0.717) is 56.2 Å². The number of ketones is 1. The van der Waals surface area contributed by atoms with Gasteiger partial charge < -0.3 is 29.2 Å². The summed E-state index contributed by atoms with van der Waals surface area (Å²) < 4.78 is 23.2. The Hall–Kier alpha value is -3.23. The van der Waals surface area contributed by atoms with Crippen LogP contribution >= 0.6 is 12.4 Å². The number of methoxy groups -OCH3 is 2. The second-order valence-corrected chi connectivity index (χ2v) is 6.80. The van der Waals surface area contributed by atoms with Crippen molar-refractivity contribution < 1.29 is 23.7 Å². The zero-order valence-electron chi connectivity index (χ0n) is 16.3. The smallest absolute Gasteiger partial charge is 0.259 e. The summed E-state index contributed by atoms with van der Waals surface area (Å²) in [6.07, 6.45) is 0. The van der Waals surface area contributed by atoms with Gasteiger partial charge in [0.05, 0.1) is 30.9 Å². The highest BCUT2D eigenvalue weighted by Crippen LogP contribution is 2.46. The van der Waals surface area contributed by atoms with Crippen LogP contribution in [0.2, 0.25) is 0 Å². The highest BCUT2D eigenvalue weighted by atomic mass is 35.5. The van der Waals surface area contributed by atoms with Crippen molar-refractivity contribution in [3.8, 4) is 34.3 Å². The van der Waals surface area contributed by atoms with E-state index in [0.717, 1.165) is 0 Å². The second kappa shape index (κ2) is 7.23. The molecule has 0 saturated heterocycles. The number of halogens is 1. The van der Waals surface area contributed by atoms with Crippen molar-refractivity contribution in [2.24, 2.45) is 5.73 Å². The lowest BCUT2D eigenvalue weighted by molar-refractivity contribution is 0.104. The van der Waals surface area contributed by atoms with E-state index in [-0.39, 0.29) is 43.6 Å². The fourth-order valence-corrected chi connectivity index (χ4v) is 4.09. The number of rotatable bonds is 4. The van der Waals surface area contributed by atoms with Gasteiger partial charge in [-0.25, -0.2) is 0 Å². The standard InChI is InChI=1S/C21H18N2O6.ClH/c1-26-14-5-10-13(8-15(14)27-2)21(25)23(4-3-22)19-11-6-16-17(29-9-28-16)7-12(11)20(24)18(10)19;/h5-8H,3-4,9,22H2,1-2H3;1H. The number of hydrogen-bond acceptors (Lipinski definition) is 7. The number of aromatic nitrogens is 1. The molecule has 0 atom stereocenters. The minimum absolute atomic E-state index is 0. The van der Waals surface area contributed by atoms with Crippen LogP contribution in [0.4, 0.5) is 0 Å². The van der Waals surface area contributed by atoms with Gasteiger partial charge in [-0.1, -0.05) is 0 Å². The number of pyridine rings is 1. The minimum atomic E-state index is -0.247. The molecule has 2 heterocycles. The zero-order valence-corrected chi connectivity index (χ0v) is 17.1. The van der Waals surface area contributed by atoms with Gasteiger partial charge in [-0.15, -0.1) is 12.4 Å². The van der Waals surface area contributed by atoms with E-state index in [1.807, 2.05) is 0 Å². The van der Waals surface area contributed by atoms with E-state index < -0.39 is 0 Å². The topological polar surface area (TPSA) is 102 Å². The van der Waals surface area contributed by atoms with E-state index in [2.05, 4.69) is 0 Å². The predicted octanol–water partition coefficient (Wildman–Crippen LogP) is 2.34. The van der Waals surface area contributed by atoms with E-state index in [9.17, 15) is 9.59 Å². The van der Waals surface area contributed by atoms with Gasteiger partial charge >= 0.3 is 0 Å². The van der Waals surface area contributed by atoms with Gasteiger partial charge in [0.2, 0.25) is 6.79 Å². The molecule has 2 N–H and O–H groups in total. The average molecular weight is 431 g/mol. The number of hydrogen-bond donors (Lipinski definition) is 1. The van der Waals surface area contributed by atoms with Gasteiger partial charge in [0.1, 0.15) is 0 Å². The third-order valence-corrected chi connectivity index (χ3v) is 5.37. The first-order valence-electron chi connectivity index (χ1n) is 9.10. The molecule has 0 amide bonds. The summed E-state index contributed by atoms with van der Waals surface area (Å²) in [5.41, 5.74) is 7.62. The Morgan fingerprint density at radius 2 is 1.57 bits per heavy atom. The molecule has 1 aliphatic carbocycles. The Kier molecular flexibility index (Phi) is 4.83. The molecule has 0 radical (unpaired) electrons. The molecule has 5 rings (SSSR count). The summed E-state index contributed by atoms with van der Waals surface area (Å²) in [6, 6.07) is 6.70. The van der Waals surface area contributed by atoms with E-state index in [4.69, 9.17) is 24.7 Å². The van der Waals surface area contributed by atoms with Crippen LogP contribution in [0.5, 0.6) is 23.0 Å². The number of benzene rings is 2. The van der Waals surface area contributed by atoms with Crippen LogP contribution in [0.1, 0.15) is 15.9 Å². The Balaban J connectivity index is 0.00000218. The van der Waals surface area contributed by atoms with Gasteiger partial charge in [-0.05, 0) is 24.3 Å². The van der Waals surface area contributed by atoms with Crippen LogP contribution in [0.15, 0.2) is 29.1 Å². The van der Waals surface area contributed by atoms with E-state index in [1.165, 1.54) is 14.2 Å². The van der Waals surface area contributed by atoms with Crippen LogP contribution in [0.3, 0.4) is 0 Å². The Labute approximate surface area is 177 Å². The molecule has 1 aliphatic heterocycles.